The highest BCUT2D eigenvalue weighted by Gasteiger charge is 2.20. The molecule has 8 heteroatoms. The van der Waals surface area contributed by atoms with Gasteiger partial charge in [0.25, 0.3) is 0 Å². The summed E-state index contributed by atoms with van der Waals surface area (Å²) in [5.41, 5.74) is 1.91. The first-order valence-electron chi connectivity index (χ1n) is 7.65. The largest absolute Gasteiger partial charge is 0.355 e. The molecule has 0 aliphatic heterocycles. The summed E-state index contributed by atoms with van der Waals surface area (Å²) in [5, 5.41) is 0.694. The highest BCUT2D eigenvalue weighted by molar-refractivity contribution is 7.90. The molecule has 5 nitrogen and oxygen atoms in total. The average molecular weight is 396 g/mol. The molecule has 0 aliphatic rings. The molecule has 0 spiro atoms. The first kappa shape index (κ1) is 18.1. The predicted octanol–water partition coefficient (Wildman–Crippen LogP) is 3.88. The SMILES string of the molecule is CC(CS(C)(=O)=O)N(C)c1ncnc2cc(-c3ccc(Cl)cc3)sc12. The number of rotatable bonds is 5. The zero-order valence-corrected chi connectivity index (χ0v) is 16.5. The van der Waals surface area contributed by atoms with Crippen LogP contribution in [0.3, 0.4) is 0 Å². The van der Waals surface area contributed by atoms with Crippen molar-refractivity contribution >= 4 is 48.8 Å². The van der Waals surface area contributed by atoms with Gasteiger partial charge in [-0.2, -0.15) is 0 Å². The van der Waals surface area contributed by atoms with Crippen molar-refractivity contribution in [2.45, 2.75) is 13.0 Å². The van der Waals surface area contributed by atoms with Crippen LogP contribution in [0.1, 0.15) is 6.92 Å². The van der Waals surface area contributed by atoms with Crippen LogP contribution < -0.4 is 4.90 Å². The maximum Gasteiger partial charge on any atom is 0.150 e. The minimum atomic E-state index is -3.07. The van der Waals surface area contributed by atoms with E-state index in [0.29, 0.717) is 5.02 Å². The van der Waals surface area contributed by atoms with E-state index in [2.05, 4.69) is 9.97 Å². The molecule has 0 saturated heterocycles. The second kappa shape index (κ2) is 6.90. The van der Waals surface area contributed by atoms with Gasteiger partial charge in [0.1, 0.15) is 22.0 Å². The fourth-order valence-electron chi connectivity index (χ4n) is 2.61. The van der Waals surface area contributed by atoms with E-state index < -0.39 is 9.84 Å². The van der Waals surface area contributed by atoms with Gasteiger partial charge in [-0.25, -0.2) is 18.4 Å². The van der Waals surface area contributed by atoms with Gasteiger partial charge in [-0.15, -0.1) is 11.3 Å². The van der Waals surface area contributed by atoms with Crippen LogP contribution in [-0.4, -0.2) is 43.5 Å². The molecule has 132 valence electrons. The smallest absolute Gasteiger partial charge is 0.150 e. The lowest BCUT2D eigenvalue weighted by Gasteiger charge is -2.25. The Kier molecular flexibility index (Phi) is 4.99. The summed E-state index contributed by atoms with van der Waals surface area (Å²) in [4.78, 5) is 11.7. The van der Waals surface area contributed by atoms with Crippen LogP contribution in [0, 0.1) is 0 Å². The Labute approximate surface area is 156 Å². The molecule has 0 radical (unpaired) electrons. The molecule has 0 aliphatic carbocycles. The van der Waals surface area contributed by atoms with Crippen molar-refractivity contribution in [3.63, 3.8) is 0 Å². The van der Waals surface area contributed by atoms with Crippen molar-refractivity contribution < 1.29 is 8.42 Å². The van der Waals surface area contributed by atoms with Gasteiger partial charge in [0.15, 0.2) is 0 Å². The first-order chi connectivity index (χ1) is 11.7. The minimum Gasteiger partial charge on any atom is -0.355 e. The minimum absolute atomic E-state index is 0.0738. The summed E-state index contributed by atoms with van der Waals surface area (Å²) in [5.74, 6) is 0.816. The number of benzene rings is 1. The summed E-state index contributed by atoms with van der Waals surface area (Å²) >= 11 is 7.54. The van der Waals surface area contributed by atoms with E-state index in [0.717, 1.165) is 26.5 Å². The van der Waals surface area contributed by atoms with E-state index in [1.54, 1.807) is 11.3 Å². The Morgan fingerprint density at radius 3 is 2.56 bits per heavy atom. The van der Waals surface area contributed by atoms with Crippen LogP contribution in [-0.2, 0) is 9.84 Å². The Morgan fingerprint density at radius 1 is 1.24 bits per heavy atom. The molecular weight excluding hydrogens is 378 g/mol. The molecule has 1 unspecified atom stereocenters. The monoisotopic (exact) mass is 395 g/mol. The van der Waals surface area contributed by atoms with Crippen LogP contribution in [0.25, 0.3) is 20.7 Å². The molecule has 0 N–H and O–H groups in total. The van der Waals surface area contributed by atoms with E-state index in [1.807, 2.05) is 49.2 Å². The Hall–Kier alpha value is -1.70. The molecule has 0 bridgehead atoms. The van der Waals surface area contributed by atoms with Gasteiger partial charge in [-0.3, -0.25) is 0 Å². The van der Waals surface area contributed by atoms with Crippen molar-refractivity contribution in [2.75, 3.05) is 24.0 Å². The molecule has 25 heavy (non-hydrogen) atoms. The van der Waals surface area contributed by atoms with Crippen LogP contribution in [0.5, 0.6) is 0 Å². The molecule has 0 amide bonds. The molecule has 1 atom stereocenters. The van der Waals surface area contributed by atoms with Crippen molar-refractivity contribution in [1.29, 1.82) is 0 Å². The number of halogens is 1. The third-order valence-electron chi connectivity index (χ3n) is 3.96. The van der Waals surface area contributed by atoms with Crippen molar-refractivity contribution in [2.24, 2.45) is 0 Å². The highest BCUT2D eigenvalue weighted by Crippen LogP contribution is 2.37. The zero-order chi connectivity index (χ0) is 18.2. The Bertz CT molecular complexity index is 1000. The lowest BCUT2D eigenvalue weighted by Crippen LogP contribution is -2.35. The van der Waals surface area contributed by atoms with Gasteiger partial charge in [0.05, 0.1) is 16.0 Å². The Morgan fingerprint density at radius 2 is 1.92 bits per heavy atom. The fraction of sp³-hybridized carbons (Fsp3) is 0.294. The molecule has 3 rings (SSSR count). The molecule has 3 aromatic rings. The molecule has 2 aromatic heterocycles. The number of hydrogen-bond donors (Lipinski definition) is 0. The van der Waals surface area contributed by atoms with Crippen molar-refractivity contribution in [1.82, 2.24) is 9.97 Å². The van der Waals surface area contributed by atoms with Crippen LogP contribution in [0.4, 0.5) is 5.82 Å². The van der Waals surface area contributed by atoms with E-state index in [4.69, 9.17) is 11.6 Å². The molecule has 2 heterocycles. The summed E-state index contributed by atoms with van der Waals surface area (Å²) in [6, 6.07) is 9.48. The van der Waals surface area contributed by atoms with Gasteiger partial charge >= 0.3 is 0 Å². The zero-order valence-electron chi connectivity index (χ0n) is 14.1. The van der Waals surface area contributed by atoms with E-state index in [9.17, 15) is 8.42 Å². The lowest BCUT2D eigenvalue weighted by atomic mass is 10.2. The summed E-state index contributed by atoms with van der Waals surface area (Å²) in [7, 11) is -1.21. The van der Waals surface area contributed by atoms with Crippen molar-refractivity contribution in [3.05, 3.63) is 41.7 Å². The van der Waals surface area contributed by atoms with Gasteiger partial charge in [0, 0.05) is 29.2 Å². The Balaban J connectivity index is 2.01. The topological polar surface area (TPSA) is 63.2 Å². The second-order valence-electron chi connectivity index (χ2n) is 6.08. The standard InChI is InChI=1S/C17H18ClN3O2S2/c1-11(9-25(3,22)23)21(2)17-16-14(19-10-20-17)8-15(24-16)12-4-6-13(18)7-5-12/h4-8,10-11H,9H2,1-3H3. The number of thiophene rings is 1. The maximum absolute atomic E-state index is 11.6. The quantitative estimate of drug-likeness (QED) is 0.655. The number of sulfone groups is 1. The van der Waals surface area contributed by atoms with Gasteiger partial charge < -0.3 is 4.90 Å². The number of aromatic nitrogens is 2. The fourth-order valence-corrected chi connectivity index (χ4v) is 4.98. The lowest BCUT2D eigenvalue weighted by molar-refractivity contribution is 0.593. The number of nitrogens with zero attached hydrogens (tertiary/aromatic N) is 3. The van der Waals surface area contributed by atoms with Crippen LogP contribution in [0.2, 0.25) is 5.02 Å². The van der Waals surface area contributed by atoms with E-state index in [1.165, 1.54) is 12.6 Å². The van der Waals surface area contributed by atoms with Gasteiger partial charge in [-0.1, -0.05) is 23.7 Å². The molecule has 0 fully saturated rings. The maximum atomic E-state index is 11.6. The van der Waals surface area contributed by atoms with Crippen LogP contribution >= 0.6 is 22.9 Å². The normalized spacial score (nSPS) is 13.1. The third-order valence-corrected chi connectivity index (χ3v) is 6.47. The third kappa shape index (κ3) is 4.11. The number of fused-ring (bicyclic) bond motifs is 1. The molecular formula is C17H18ClN3O2S2. The van der Waals surface area contributed by atoms with E-state index in [-0.39, 0.29) is 11.8 Å². The molecule has 0 saturated carbocycles. The average Bonchev–Trinajstić information content (AvgIpc) is 2.97. The molecule has 1 aromatic carbocycles. The van der Waals surface area contributed by atoms with Gasteiger partial charge in [-0.05, 0) is 30.7 Å². The number of anilines is 1. The second-order valence-corrected chi connectivity index (χ2v) is 9.76. The number of hydrogen-bond acceptors (Lipinski definition) is 6. The first-order valence-corrected chi connectivity index (χ1v) is 10.9. The predicted molar refractivity (Wildman–Crippen MR) is 105 cm³/mol. The van der Waals surface area contributed by atoms with Gasteiger partial charge in [0.2, 0.25) is 0 Å². The summed E-state index contributed by atoms with van der Waals surface area (Å²) in [6.07, 6.45) is 2.76. The summed E-state index contributed by atoms with van der Waals surface area (Å²) < 4.78 is 24.1. The van der Waals surface area contributed by atoms with Crippen LogP contribution in [0.15, 0.2) is 36.7 Å². The van der Waals surface area contributed by atoms with E-state index >= 15 is 0 Å². The van der Waals surface area contributed by atoms with Crippen molar-refractivity contribution in [3.8, 4) is 10.4 Å². The highest BCUT2D eigenvalue weighted by atomic mass is 35.5. The summed E-state index contributed by atoms with van der Waals surface area (Å²) in [6.45, 7) is 1.88.